The zero-order chi connectivity index (χ0) is 15.2. The summed E-state index contributed by atoms with van der Waals surface area (Å²) in [5.74, 6) is -0.582. The minimum atomic E-state index is -0.478. The van der Waals surface area contributed by atoms with Gasteiger partial charge >= 0.3 is 5.97 Å². The summed E-state index contributed by atoms with van der Waals surface area (Å²) in [4.78, 5) is 26.6. The molecule has 0 aromatic carbocycles. The number of hydrogen-bond donors (Lipinski definition) is 0. The van der Waals surface area contributed by atoms with E-state index in [-0.39, 0.29) is 24.6 Å². The average molecular weight is 307 g/mol. The van der Waals surface area contributed by atoms with Gasteiger partial charge in [0.15, 0.2) is 6.61 Å². The van der Waals surface area contributed by atoms with Gasteiger partial charge in [0.05, 0.1) is 0 Å². The number of amides is 1. The van der Waals surface area contributed by atoms with Gasteiger partial charge in [-0.3, -0.25) is 4.79 Å². The predicted octanol–water partition coefficient (Wildman–Crippen LogP) is 3.09. The van der Waals surface area contributed by atoms with Crippen molar-refractivity contribution >= 4 is 29.3 Å². The van der Waals surface area contributed by atoms with E-state index in [0.717, 1.165) is 24.1 Å². The Balaban J connectivity index is 1.81. The number of nitrogens with zero attached hydrogens (tertiary/aromatic N) is 1. The van der Waals surface area contributed by atoms with Crippen molar-refractivity contribution in [2.75, 3.05) is 6.61 Å². The molecule has 1 aromatic rings. The lowest BCUT2D eigenvalue weighted by atomic mass is 9.97. The van der Waals surface area contributed by atoms with Crippen LogP contribution >= 0.6 is 11.3 Å². The Kier molecular flexibility index (Phi) is 5.56. The van der Waals surface area contributed by atoms with Gasteiger partial charge < -0.3 is 9.64 Å². The fraction of sp³-hybridized carbons (Fsp3) is 0.500. The third-order valence-corrected chi connectivity index (χ3v) is 4.58. The number of esters is 1. The number of likely N-dealkylation sites (tertiary alicyclic amines) is 1. The number of hydrogen-bond acceptors (Lipinski definition) is 4. The maximum absolute atomic E-state index is 12.2. The predicted molar refractivity (Wildman–Crippen MR) is 83.9 cm³/mol. The number of rotatable bonds is 4. The summed E-state index contributed by atoms with van der Waals surface area (Å²) >= 11 is 1.54. The van der Waals surface area contributed by atoms with Gasteiger partial charge in [0.25, 0.3) is 5.91 Å². The van der Waals surface area contributed by atoms with Crippen LogP contribution in [0.5, 0.6) is 0 Å². The molecule has 1 fully saturated rings. The summed E-state index contributed by atoms with van der Waals surface area (Å²) in [5.41, 5.74) is 0. The van der Waals surface area contributed by atoms with E-state index in [1.807, 2.05) is 36.3 Å². The van der Waals surface area contributed by atoms with Crippen molar-refractivity contribution in [3.05, 3.63) is 28.5 Å². The van der Waals surface area contributed by atoms with Gasteiger partial charge in [-0.05, 0) is 50.6 Å². The number of piperidine rings is 1. The highest BCUT2D eigenvalue weighted by molar-refractivity contribution is 7.10. The molecule has 1 aromatic heterocycles. The van der Waals surface area contributed by atoms with Gasteiger partial charge in [-0.1, -0.05) is 6.07 Å². The topological polar surface area (TPSA) is 46.6 Å². The molecule has 1 aliphatic heterocycles. The average Bonchev–Trinajstić information content (AvgIpc) is 2.96. The third-order valence-electron chi connectivity index (χ3n) is 3.75. The van der Waals surface area contributed by atoms with Crippen molar-refractivity contribution in [1.82, 2.24) is 4.90 Å². The van der Waals surface area contributed by atoms with Gasteiger partial charge in [0.1, 0.15) is 0 Å². The molecule has 114 valence electrons. The van der Waals surface area contributed by atoms with Crippen LogP contribution in [0, 0.1) is 0 Å². The summed E-state index contributed by atoms with van der Waals surface area (Å²) in [6.45, 7) is 3.92. The zero-order valence-corrected chi connectivity index (χ0v) is 13.3. The van der Waals surface area contributed by atoms with Crippen LogP contribution in [0.3, 0.4) is 0 Å². The Bertz CT molecular complexity index is 500. The second kappa shape index (κ2) is 7.41. The summed E-state index contributed by atoms with van der Waals surface area (Å²) in [6.07, 6.45) is 6.24. The van der Waals surface area contributed by atoms with E-state index in [1.165, 1.54) is 6.08 Å². The maximum Gasteiger partial charge on any atom is 0.331 e. The molecule has 4 nitrogen and oxygen atoms in total. The lowest BCUT2D eigenvalue weighted by Crippen LogP contribution is -2.49. The van der Waals surface area contributed by atoms with Crippen molar-refractivity contribution < 1.29 is 14.3 Å². The second-order valence-corrected chi connectivity index (χ2v) is 6.37. The third kappa shape index (κ3) is 4.43. The van der Waals surface area contributed by atoms with Gasteiger partial charge in [-0.25, -0.2) is 4.79 Å². The van der Waals surface area contributed by atoms with Crippen LogP contribution in [0.1, 0.15) is 38.0 Å². The van der Waals surface area contributed by atoms with E-state index >= 15 is 0 Å². The van der Waals surface area contributed by atoms with Crippen LogP contribution < -0.4 is 0 Å². The molecule has 2 rings (SSSR count). The van der Waals surface area contributed by atoms with E-state index in [1.54, 1.807) is 17.4 Å². The van der Waals surface area contributed by atoms with Gasteiger partial charge in [0, 0.05) is 23.0 Å². The van der Waals surface area contributed by atoms with E-state index in [2.05, 4.69) is 0 Å². The molecular formula is C16H21NO3S. The van der Waals surface area contributed by atoms with Crippen molar-refractivity contribution in [3.63, 3.8) is 0 Å². The van der Waals surface area contributed by atoms with Crippen LogP contribution in [0.4, 0.5) is 0 Å². The second-order valence-electron chi connectivity index (χ2n) is 5.39. The fourth-order valence-electron chi connectivity index (χ4n) is 2.70. The first kappa shape index (κ1) is 15.8. The fourth-order valence-corrected chi connectivity index (χ4v) is 3.32. The Hall–Kier alpha value is -1.62. The van der Waals surface area contributed by atoms with Gasteiger partial charge in [0.2, 0.25) is 0 Å². The Morgan fingerprint density at radius 1 is 1.38 bits per heavy atom. The van der Waals surface area contributed by atoms with Crippen molar-refractivity contribution in [2.45, 2.75) is 45.2 Å². The summed E-state index contributed by atoms with van der Waals surface area (Å²) in [7, 11) is 0. The van der Waals surface area contributed by atoms with Crippen molar-refractivity contribution in [1.29, 1.82) is 0 Å². The lowest BCUT2D eigenvalue weighted by molar-refractivity contribution is -0.151. The zero-order valence-electron chi connectivity index (χ0n) is 12.5. The van der Waals surface area contributed by atoms with E-state index in [0.29, 0.717) is 0 Å². The lowest BCUT2D eigenvalue weighted by Gasteiger charge is -2.38. The minimum Gasteiger partial charge on any atom is -0.452 e. The van der Waals surface area contributed by atoms with Gasteiger partial charge in [-0.2, -0.15) is 0 Å². The first-order chi connectivity index (χ1) is 10.1. The number of carbonyl (C=O) groups is 2. The van der Waals surface area contributed by atoms with Gasteiger partial charge in [-0.15, -0.1) is 11.3 Å². The van der Waals surface area contributed by atoms with Crippen LogP contribution in [-0.2, 0) is 14.3 Å². The van der Waals surface area contributed by atoms with Crippen molar-refractivity contribution in [2.24, 2.45) is 0 Å². The molecule has 0 radical (unpaired) electrons. The Labute approximate surface area is 129 Å². The van der Waals surface area contributed by atoms with E-state index < -0.39 is 5.97 Å². The molecular weight excluding hydrogens is 286 g/mol. The van der Waals surface area contributed by atoms with Crippen LogP contribution in [0.2, 0.25) is 0 Å². The molecule has 1 aliphatic rings. The molecule has 5 heteroatoms. The summed E-state index contributed by atoms with van der Waals surface area (Å²) in [6, 6.07) is 4.28. The molecule has 2 heterocycles. The van der Waals surface area contributed by atoms with Crippen LogP contribution in [-0.4, -0.2) is 35.5 Å². The van der Waals surface area contributed by atoms with Crippen LogP contribution in [0.15, 0.2) is 23.6 Å². The number of thiophene rings is 1. The molecule has 1 amide bonds. The minimum absolute atomic E-state index is 0.104. The Morgan fingerprint density at radius 3 is 2.71 bits per heavy atom. The molecule has 0 aliphatic carbocycles. The van der Waals surface area contributed by atoms with E-state index in [4.69, 9.17) is 4.74 Å². The molecule has 2 atom stereocenters. The maximum atomic E-state index is 12.2. The number of ether oxygens (including phenoxy) is 1. The molecule has 0 unspecified atom stereocenters. The Morgan fingerprint density at radius 2 is 2.10 bits per heavy atom. The molecule has 0 bridgehead atoms. The first-order valence-electron chi connectivity index (χ1n) is 7.27. The van der Waals surface area contributed by atoms with Crippen molar-refractivity contribution in [3.8, 4) is 0 Å². The van der Waals surface area contributed by atoms with E-state index in [9.17, 15) is 9.59 Å². The SMILES string of the molecule is C[C@@H]1CCC[C@@H](C)N1C(=O)COC(=O)/C=C/c1cccs1. The summed E-state index contributed by atoms with van der Waals surface area (Å²) in [5, 5.41) is 1.94. The standard InChI is InChI=1S/C16H21NO3S/c1-12-5-3-6-13(2)17(12)15(18)11-20-16(19)9-8-14-7-4-10-21-14/h4,7-10,12-13H,3,5-6,11H2,1-2H3/b9-8+/t12-,13-/m1/s1. The highest BCUT2D eigenvalue weighted by Gasteiger charge is 2.29. The van der Waals surface area contributed by atoms with Crippen LogP contribution in [0.25, 0.3) is 6.08 Å². The highest BCUT2D eigenvalue weighted by Crippen LogP contribution is 2.22. The largest absolute Gasteiger partial charge is 0.452 e. The molecule has 0 spiro atoms. The molecule has 0 N–H and O–H groups in total. The molecule has 0 saturated carbocycles. The number of carbonyl (C=O) groups excluding carboxylic acids is 2. The molecule has 21 heavy (non-hydrogen) atoms. The highest BCUT2D eigenvalue weighted by atomic mass is 32.1. The molecule has 1 saturated heterocycles. The quantitative estimate of drug-likeness (QED) is 0.634. The monoisotopic (exact) mass is 307 g/mol. The smallest absolute Gasteiger partial charge is 0.331 e. The summed E-state index contributed by atoms with van der Waals surface area (Å²) < 4.78 is 5.04. The first-order valence-corrected chi connectivity index (χ1v) is 8.15. The normalized spacial score (nSPS) is 22.5.